The van der Waals surface area contributed by atoms with E-state index in [-0.39, 0.29) is 41.8 Å². The standard InChI is InChI=1S/C29H38N6O6S/c1-33-18-23(36)16-31-42(38,39)27-9-8-21(22-15-30-34(2)17-22)14-26(27)41-20-29(19-33)10-12-35(13-11-29)28(37)32-24-6-4-5-7-25(24)40-3/h4-9,14-15,17,23,31,36H,10-13,16,18-20H2,1-3H3,(H,32,37). The molecule has 42 heavy (non-hydrogen) atoms. The van der Waals surface area contributed by atoms with Crippen molar-refractivity contribution in [2.45, 2.75) is 23.8 Å². The lowest BCUT2D eigenvalue weighted by Gasteiger charge is -2.44. The number of aliphatic hydroxyl groups excluding tert-OH is 1. The number of anilines is 1. The molecule has 2 aromatic carbocycles. The third-order valence-electron chi connectivity index (χ3n) is 7.90. The number of para-hydroxylation sites is 2. The lowest BCUT2D eigenvalue weighted by Crippen LogP contribution is -2.52. The van der Waals surface area contributed by atoms with Crippen LogP contribution in [0.4, 0.5) is 10.5 Å². The Labute approximate surface area is 246 Å². The van der Waals surface area contributed by atoms with Gasteiger partial charge in [-0.1, -0.05) is 18.2 Å². The van der Waals surface area contributed by atoms with E-state index in [1.165, 1.54) is 6.07 Å². The fourth-order valence-corrected chi connectivity index (χ4v) is 6.84. The highest BCUT2D eigenvalue weighted by atomic mass is 32.2. The van der Waals surface area contributed by atoms with Gasteiger partial charge >= 0.3 is 6.03 Å². The normalized spacial score (nSPS) is 21.0. The number of β-amino-alcohol motifs (C(OH)–C–C–N with tert-alkyl or cyclic N) is 1. The molecule has 0 bridgehead atoms. The first kappa shape index (κ1) is 29.8. The number of urea groups is 1. The van der Waals surface area contributed by atoms with Crippen molar-refractivity contribution in [3.63, 3.8) is 0 Å². The number of nitrogens with zero attached hydrogens (tertiary/aromatic N) is 4. The van der Waals surface area contributed by atoms with E-state index in [0.717, 1.165) is 11.1 Å². The Hall–Kier alpha value is -3.65. The summed E-state index contributed by atoms with van der Waals surface area (Å²) >= 11 is 0. The highest BCUT2D eigenvalue weighted by Gasteiger charge is 2.39. The van der Waals surface area contributed by atoms with E-state index in [4.69, 9.17) is 9.47 Å². The van der Waals surface area contributed by atoms with Crippen molar-refractivity contribution in [3.8, 4) is 22.6 Å². The van der Waals surface area contributed by atoms with Crippen molar-refractivity contribution in [2.75, 3.05) is 58.8 Å². The number of sulfonamides is 1. The minimum Gasteiger partial charge on any atom is -0.495 e. The fourth-order valence-electron chi connectivity index (χ4n) is 5.64. The van der Waals surface area contributed by atoms with Gasteiger partial charge in [-0.25, -0.2) is 17.9 Å². The lowest BCUT2D eigenvalue weighted by molar-refractivity contribution is 0.0256. The molecule has 2 amide bonds. The predicted octanol–water partition coefficient (Wildman–Crippen LogP) is 2.37. The third kappa shape index (κ3) is 6.70. The number of carbonyl (C=O) groups excluding carboxylic acids is 1. The summed E-state index contributed by atoms with van der Waals surface area (Å²) in [6.45, 7) is 1.99. The molecule has 1 aromatic heterocycles. The number of methoxy groups -OCH3 is 1. The molecule has 1 saturated heterocycles. The molecule has 3 aromatic rings. The molecular weight excluding hydrogens is 560 g/mol. The van der Waals surface area contributed by atoms with Gasteiger partial charge in [0.05, 0.1) is 31.7 Å². The summed E-state index contributed by atoms with van der Waals surface area (Å²) in [5, 5.41) is 17.8. The van der Waals surface area contributed by atoms with E-state index < -0.39 is 16.1 Å². The largest absolute Gasteiger partial charge is 0.495 e. The Kier molecular flexibility index (Phi) is 8.73. The van der Waals surface area contributed by atoms with E-state index in [1.807, 2.05) is 37.3 Å². The maximum absolute atomic E-state index is 13.3. The number of hydrogen-bond donors (Lipinski definition) is 3. The van der Waals surface area contributed by atoms with Gasteiger partial charge in [-0.15, -0.1) is 0 Å². The molecule has 0 radical (unpaired) electrons. The van der Waals surface area contributed by atoms with Crippen LogP contribution >= 0.6 is 0 Å². The van der Waals surface area contributed by atoms with Crippen LogP contribution in [0.3, 0.4) is 0 Å². The average Bonchev–Trinajstić information content (AvgIpc) is 3.41. The number of likely N-dealkylation sites (N-methyl/N-ethyl adjacent to an activating group) is 1. The molecule has 1 fully saturated rings. The Morgan fingerprint density at radius 2 is 1.93 bits per heavy atom. The van der Waals surface area contributed by atoms with E-state index in [1.54, 1.807) is 47.2 Å². The van der Waals surface area contributed by atoms with Gasteiger partial charge in [0, 0.05) is 56.9 Å². The third-order valence-corrected chi connectivity index (χ3v) is 9.36. The minimum atomic E-state index is -3.96. The minimum absolute atomic E-state index is 0.0139. The highest BCUT2D eigenvalue weighted by Crippen LogP contribution is 2.37. The number of carbonyl (C=O) groups is 1. The van der Waals surface area contributed by atoms with Crippen LogP contribution in [0.2, 0.25) is 0 Å². The Bertz CT molecular complexity index is 1520. The summed E-state index contributed by atoms with van der Waals surface area (Å²) in [6, 6.07) is 12.0. The number of aromatic nitrogens is 2. The SMILES string of the molecule is COc1ccccc1NC(=O)N1CCC2(CC1)COc1cc(-c3cnn(C)c3)ccc1S(=O)(=O)NCC(O)CN(C)C2. The number of nitrogens with one attached hydrogen (secondary N) is 2. The van der Waals surface area contributed by atoms with Gasteiger partial charge in [0.15, 0.2) is 0 Å². The number of piperidine rings is 1. The first-order chi connectivity index (χ1) is 20.1. The molecule has 0 saturated carbocycles. The van der Waals surface area contributed by atoms with Crippen LogP contribution in [-0.2, 0) is 17.1 Å². The van der Waals surface area contributed by atoms with Gasteiger partial charge in [0.1, 0.15) is 16.4 Å². The number of aliphatic hydroxyl groups is 1. The van der Waals surface area contributed by atoms with Crippen molar-refractivity contribution in [3.05, 3.63) is 54.9 Å². The predicted molar refractivity (Wildman–Crippen MR) is 158 cm³/mol. The van der Waals surface area contributed by atoms with E-state index in [2.05, 4.69) is 15.1 Å². The summed E-state index contributed by atoms with van der Waals surface area (Å²) in [5.74, 6) is 0.818. The van der Waals surface area contributed by atoms with Crippen molar-refractivity contribution < 1.29 is 27.8 Å². The second-order valence-corrected chi connectivity index (χ2v) is 12.9. The molecule has 1 spiro atoms. The number of likely N-dealkylation sites (tertiary alicyclic amines) is 1. The molecule has 12 nitrogen and oxygen atoms in total. The van der Waals surface area contributed by atoms with Gasteiger partial charge in [-0.2, -0.15) is 5.10 Å². The first-order valence-corrected chi connectivity index (χ1v) is 15.4. The summed E-state index contributed by atoms with van der Waals surface area (Å²) in [6.07, 6.45) is 3.93. The lowest BCUT2D eigenvalue weighted by atomic mass is 9.78. The van der Waals surface area contributed by atoms with Crippen LogP contribution in [-0.4, -0.2) is 98.7 Å². The zero-order valence-corrected chi connectivity index (χ0v) is 24.9. The molecule has 5 rings (SSSR count). The number of hydrogen-bond acceptors (Lipinski definition) is 8. The monoisotopic (exact) mass is 598 g/mol. The van der Waals surface area contributed by atoms with Crippen molar-refractivity contribution in [1.29, 1.82) is 0 Å². The molecule has 1 unspecified atom stereocenters. The fraction of sp³-hybridized carbons (Fsp3) is 0.448. The first-order valence-electron chi connectivity index (χ1n) is 13.9. The van der Waals surface area contributed by atoms with Gasteiger partial charge < -0.3 is 29.7 Å². The molecule has 1 atom stereocenters. The number of aryl methyl sites for hydroxylation is 1. The van der Waals surface area contributed by atoms with Crippen LogP contribution in [0.1, 0.15) is 12.8 Å². The zero-order chi connectivity index (χ0) is 29.9. The van der Waals surface area contributed by atoms with E-state index in [9.17, 15) is 18.3 Å². The number of amides is 2. The zero-order valence-electron chi connectivity index (χ0n) is 24.1. The number of ether oxygens (including phenoxy) is 2. The topological polar surface area (TPSA) is 138 Å². The second-order valence-electron chi connectivity index (χ2n) is 11.2. The van der Waals surface area contributed by atoms with Gasteiger partial charge in [-0.3, -0.25) is 4.68 Å². The van der Waals surface area contributed by atoms with Crippen molar-refractivity contribution >= 4 is 21.7 Å². The van der Waals surface area contributed by atoms with Crippen LogP contribution in [0.25, 0.3) is 11.1 Å². The maximum atomic E-state index is 13.3. The molecule has 3 N–H and O–H groups in total. The van der Waals surface area contributed by atoms with Crippen LogP contribution in [0.5, 0.6) is 11.5 Å². The summed E-state index contributed by atoms with van der Waals surface area (Å²) in [5.41, 5.74) is 1.83. The van der Waals surface area contributed by atoms with Crippen molar-refractivity contribution in [2.24, 2.45) is 12.5 Å². The van der Waals surface area contributed by atoms with Gasteiger partial charge in [0.25, 0.3) is 0 Å². The molecule has 0 aliphatic carbocycles. The van der Waals surface area contributed by atoms with Crippen LogP contribution in [0, 0.1) is 5.41 Å². The van der Waals surface area contributed by atoms with Crippen molar-refractivity contribution in [1.82, 2.24) is 24.3 Å². The van der Waals surface area contributed by atoms with Gasteiger partial charge in [-0.05, 0) is 49.7 Å². The quantitative estimate of drug-likeness (QED) is 0.418. The molecule has 226 valence electrons. The van der Waals surface area contributed by atoms with Crippen LogP contribution < -0.4 is 19.5 Å². The Morgan fingerprint density at radius 3 is 2.64 bits per heavy atom. The maximum Gasteiger partial charge on any atom is 0.321 e. The summed E-state index contributed by atoms with van der Waals surface area (Å²) < 4.78 is 42.5. The average molecular weight is 599 g/mol. The Balaban J connectivity index is 1.39. The molecule has 3 heterocycles. The Morgan fingerprint density at radius 1 is 1.17 bits per heavy atom. The van der Waals surface area contributed by atoms with E-state index >= 15 is 0 Å². The molecule has 2 aliphatic heterocycles. The van der Waals surface area contributed by atoms with E-state index in [0.29, 0.717) is 43.9 Å². The number of fused-ring (bicyclic) bond motifs is 1. The number of benzene rings is 2. The molecule has 13 heteroatoms. The van der Waals surface area contributed by atoms with Gasteiger partial charge in [0.2, 0.25) is 10.0 Å². The second kappa shape index (κ2) is 12.3. The molecular formula is C29H38N6O6S. The number of rotatable bonds is 3. The smallest absolute Gasteiger partial charge is 0.321 e. The van der Waals surface area contributed by atoms with Crippen LogP contribution in [0.15, 0.2) is 59.8 Å². The summed E-state index contributed by atoms with van der Waals surface area (Å²) in [4.78, 5) is 16.9. The highest BCUT2D eigenvalue weighted by molar-refractivity contribution is 7.89. The molecule has 2 aliphatic rings. The summed E-state index contributed by atoms with van der Waals surface area (Å²) in [7, 11) is 1.32.